The fourth-order valence-electron chi connectivity index (χ4n) is 1.75. The molecular weight excluding hydrogens is 246 g/mol. The SMILES string of the molecule is CCc1nc(C(=O)OC)c(N)n1CCOCC(C)C. The Morgan fingerprint density at radius 1 is 1.47 bits per heavy atom. The van der Waals surface area contributed by atoms with Crippen molar-refractivity contribution >= 4 is 11.8 Å². The van der Waals surface area contributed by atoms with Crippen LogP contribution in [0.5, 0.6) is 0 Å². The van der Waals surface area contributed by atoms with E-state index >= 15 is 0 Å². The predicted octanol–water partition coefficient (Wildman–Crippen LogP) is 1.49. The molecule has 1 aromatic heterocycles. The maximum absolute atomic E-state index is 11.5. The molecule has 0 aliphatic rings. The Morgan fingerprint density at radius 3 is 2.68 bits per heavy atom. The van der Waals surface area contributed by atoms with E-state index in [-0.39, 0.29) is 5.69 Å². The molecule has 1 rings (SSSR count). The minimum Gasteiger partial charge on any atom is -0.464 e. The molecule has 6 heteroatoms. The number of aryl methyl sites for hydroxylation is 1. The average molecular weight is 269 g/mol. The van der Waals surface area contributed by atoms with Crippen LogP contribution < -0.4 is 5.73 Å². The van der Waals surface area contributed by atoms with Gasteiger partial charge in [-0.3, -0.25) is 0 Å². The van der Waals surface area contributed by atoms with Crippen LogP contribution >= 0.6 is 0 Å². The van der Waals surface area contributed by atoms with Crippen LogP contribution in [0.15, 0.2) is 0 Å². The maximum Gasteiger partial charge on any atom is 0.360 e. The molecule has 0 unspecified atom stereocenters. The Hall–Kier alpha value is -1.56. The fraction of sp³-hybridized carbons (Fsp3) is 0.692. The van der Waals surface area contributed by atoms with Crippen molar-refractivity contribution in [3.63, 3.8) is 0 Å². The van der Waals surface area contributed by atoms with E-state index in [4.69, 9.17) is 10.5 Å². The Bertz CT molecular complexity index is 427. The van der Waals surface area contributed by atoms with Gasteiger partial charge in [-0.2, -0.15) is 0 Å². The number of methoxy groups -OCH3 is 1. The molecule has 2 N–H and O–H groups in total. The van der Waals surface area contributed by atoms with Crippen molar-refractivity contribution in [1.29, 1.82) is 0 Å². The van der Waals surface area contributed by atoms with Gasteiger partial charge in [0.25, 0.3) is 0 Å². The second-order valence-electron chi connectivity index (χ2n) is 4.73. The van der Waals surface area contributed by atoms with E-state index in [0.717, 1.165) is 5.82 Å². The van der Waals surface area contributed by atoms with Crippen molar-refractivity contribution in [2.24, 2.45) is 5.92 Å². The van der Waals surface area contributed by atoms with Crippen LogP contribution in [-0.4, -0.2) is 35.8 Å². The minimum absolute atomic E-state index is 0.184. The van der Waals surface area contributed by atoms with Gasteiger partial charge in [0, 0.05) is 19.6 Å². The van der Waals surface area contributed by atoms with Gasteiger partial charge in [-0.1, -0.05) is 20.8 Å². The molecule has 0 aliphatic carbocycles. The summed E-state index contributed by atoms with van der Waals surface area (Å²) >= 11 is 0. The second-order valence-corrected chi connectivity index (χ2v) is 4.73. The number of esters is 1. The molecule has 0 spiro atoms. The van der Waals surface area contributed by atoms with Gasteiger partial charge < -0.3 is 19.8 Å². The summed E-state index contributed by atoms with van der Waals surface area (Å²) in [5.41, 5.74) is 6.13. The molecule has 0 aromatic carbocycles. The first-order chi connectivity index (χ1) is 9.01. The lowest BCUT2D eigenvalue weighted by Gasteiger charge is -2.10. The Morgan fingerprint density at radius 2 is 2.16 bits per heavy atom. The zero-order chi connectivity index (χ0) is 14.4. The van der Waals surface area contributed by atoms with Crippen molar-refractivity contribution in [3.05, 3.63) is 11.5 Å². The van der Waals surface area contributed by atoms with Crippen LogP contribution in [0, 0.1) is 5.92 Å². The Balaban J connectivity index is 2.76. The highest BCUT2D eigenvalue weighted by Gasteiger charge is 2.19. The number of imidazole rings is 1. The molecule has 0 aliphatic heterocycles. The summed E-state index contributed by atoms with van der Waals surface area (Å²) in [5.74, 6) is 1.10. The van der Waals surface area contributed by atoms with Gasteiger partial charge in [-0.15, -0.1) is 0 Å². The molecule has 108 valence electrons. The smallest absolute Gasteiger partial charge is 0.360 e. The summed E-state index contributed by atoms with van der Waals surface area (Å²) in [5, 5.41) is 0. The third kappa shape index (κ3) is 3.96. The number of hydrogen-bond acceptors (Lipinski definition) is 5. The van der Waals surface area contributed by atoms with E-state index < -0.39 is 5.97 Å². The van der Waals surface area contributed by atoms with Gasteiger partial charge in [0.05, 0.1) is 13.7 Å². The number of hydrogen-bond donors (Lipinski definition) is 1. The van der Waals surface area contributed by atoms with Crippen LogP contribution in [0.3, 0.4) is 0 Å². The molecule has 0 atom stereocenters. The van der Waals surface area contributed by atoms with Gasteiger partial charge in [-0.05, 0) is 5.92 Å². The van der Waals surface area contributed by atoms with E-state index in [1.165, 1.54) is 7.11 Å². The molecule has 1 heterocycles. The average Bonchev–Trinajstić information content (AvgIpc) is 2.70. The van der Waals surface area contributed by atoms with E-state index in [0.29, 0.717) is 37.9 Å². The molecule has 0 fully saturated rings. The summed E-state index contributed by atoms with van der Waals surface area (Å²) in [7, 11) is 1.32. The minimum atomic E-state index is -0.506. The summed E-state index contributed by atoms with van der Waals surface area (Å²) in [4.78, 5) is 15.7. The predicted molar refractivity (Wildman–Crippen MR) is 73.0 cm³/mol. The molecular formula is C13H23N3O3. The summed E-state index contributed by atoms with van der Waals surface area (Å²) in [6.45, 7) is 8.00. The quantitative estimate of drug-likeness (QED) is 0.599. The number of nitrogens with zero attached hydrogens (tertiary/aromatic N) is 2. The van der Waals surface area contributed by atoms with Gasteiger partial charge >= 0.3 is 5.97 Å². The van der Waals surface area contributed by atoms with Crippen LogP contribution in [0.1, 0.15) is 37.1 Å². The van der Waals surface area contributed by atoms with E-state index in [1.54, 1.807) is 0 Å². The van der Waals surface area contributed by atoms with Crippen LogP contribution in [0.4, 0.5) is 5.82 Å². The van der Waals surface area contributed by atoms with Crippen LogP contribution in [0.25, 0.3) is 0 Å². The molecule has 19 heavy (non-hydrogen) atoms. The number of nitrogens with two attached hydrogens (primary N) is 1. The number of carbonyl (C=O) groups is 1. The van der Waals surface area contributed by atoms with Crippen molar-refractivity contribution < 1.29 is 14.3 Å². The number of nitrogen functional groups attached to an aromatic ring is 1. The lowest BCUT2D eigenvalue weighted by Crippen LogP contribution is -2.14. The van der Waals surface area contributed by atoms with Crippen LogP contribution in [0.2, 0.25) is 0 Å². The Kier molecular flexibility index (Phi) is 5.82. The zero-order valence-corrected chi connectivity index (χ0v) is 12.1. The monoisotopic (exact) mass is 269 g/mol. The van der Waals surface area contributed by atoms with Gasteiger partial charge in [0.2, 0.25) is 0 Å². The van der Waals surface area contributed by atoms with E-state index in [1.807, 2.05) is 11.5 Å². The molecule has 0 radical (unpaired) electrons. The maximum atomic E-state index is 11.5. The fourth-order valence-corrected chi connectivity index (χ4v) is 1.75. The third-order valence-electron chi connectivity index (χ3n) is 2.69. The first-order valence-corrected chi connectivity index (χ1v) is 6.52. The first kappa shape index (κ1) is 15.5. The number of aromatic nitrogens is 2. The van der Waals surface area contributed by atoms with E-state index in [2.05, 4.69) is 23.6 Å². The largest absolute Gasteiger partial charge is 0.464 e. The Labute approximate surface area is 113 Å². The summed E-state index contributed by atoms with van der Waals surface area (Å²) in [6, 6.07) is 0. The number of ether oxygens (including phenoxy) is 2. The van der Waals surface area contributed by atoms with Crippen LogP contribution in [-0.2, 0) is 22.4 Å². The van der Waals surface area contributed by atoms with Gasteiger partial charge in [-0.25, -0.2) is 9.78 Å². The van der Waals surface area contributed by atoms with Crippen molar-refractivity contribution in [1.82, 2.24) is 9.55 Å². The highest BCUT2D eigenvalue weighted by atomic mass is 16.5. The second kappa shape index (κ2) is 7.13. The molecule has 0 saturated carbocycles. The van der Waals surface area contributed by atoms with Gasteiger partial charge in [0.15, 0.2) is 5.69 Å². The molecule has 0 amide bonds. The normalized spacial score (nSPS) is 11.0. The lowest BCUT2D eigenvalue weighted by molar-refractivity contribution is 0.0595. The molecule has 0 bridgehead atoms. The molecule has 0 saturated heterocycles. The van der Waals surface area contributed by atoms with Crippen molar-refractivity contribution in [3.8, 4) is 0 Å². The number of rotatable bonds is 7. The van der Waals surface area contributed by atoms with Gasteiger partial charge in [0.1, 0.15) is 11.6 Å². The zero-order valence-electron chi connectivity index (χ0n) is 12.1. The highest BCUT2D eigenvalue weighted by Crippen LogP contribution is 2.16. The van der Waals surface area contributed by atoms with Crippen molar-refractivity contribution in [2.75, 3.05) is 26.1 Å². The number of carbonyl (C=O) groups excluding carboxylic acids is 1. The highest BCUT2D eigenvalue weighted by molar-refractivity contribution is 5.92. The lowest BCUT2D eigenvalue weighted by atomic mass is 10.2. The molecule has 1 aromatic rings. The van der Waals surface area contributed by atoms with Crippen molar-refractivity contribution in [2.45, 2.75) is 33.7 Å². The standard InChI is InChI=1S/C13H23N3O3/c1-5-10-15-11(13(17)18-4)12(14)16(10)6-7-19-8-9(2)3/h9H,5-8,14H2,1-4H3. The first-order valence-electron chi connectivity index (χ1n) is 6.52. The molecule has 6 nitrogen and oxygen atoms in total. The summed E-state index contributed by atoms with van der Waals surface area (Å²) in [6.07, 6.45) is 0.700. The third-order valence-corrected chi connectivity index (χ3v) is 2.69. The van der Waals surface area contributed by atoms with E-state index in [9.17, 15) is 4.79 Å². The number of anilines is 1. The topological polar surface area (TPSA) is 79.4 Å². The summed E-state index contributed by atoms with van der Waals surface area (Å²) < 4.78 is 12.0.